The number of hydrogen-bond donors (Lipinski definition) is 1. The van der Waals surface area contributed by atoms with Crippen molar-refractivity contribution in [1.29, 1.82) is 0 Å². The zero-order chi connectivity index (χ0) is 19.0. The first-order chi connectivity index (χ1) is 13.0. The van der Waals surface area contributed by atoms with Gasteiger partial charge >= 0.3 is 6.09 Å². The van der Waals surface area contributed by atoms with Gasteiger partial charge in [-0.3, -0.25) is 15.3 Å². The number of nitrogens with one attached hydrogen (secondary N) is 1. The van der Waals surface area contributed by atoms with Crippen molar-refractivity contribution in [3.8, 4) is 0 Å². The van der Waals surface area contributed by atoms with Gasteiger partial charge in [0.1, 0.15) is 17.6 Å². The fourth-order valence-corrected chi connectivity index (χ4v) is 3.28. The molecule has 3 heterocycles. The standard InChI is InChI=1S/C19H18F2N4O2/c1-11-2-3-13(10-14(11)20)15-6-9-25(19(26)27-15)18-16(21)17(23-24-18)12-4-7-22-8-5-12/h2-5,7-8,10,15-16,18,24H,6,9H2,1H3. The van der Waals surface area contributed by atoms with Crippen molar-refractivity contribution in [2.24, 2.45) is 5.10 Å². The second-order valence-corrected chi connectivity index (χ2v) is 6.57. The van der Waals surface area contributed by atoms with Gasteiger partial charge in [0.25, 0.3) is 0 Å². The number of alkyl halides is 1. The summed E-state index contributed by atoms with van der Waals surface area (Å²) in [7, 11) is 0. The normalized spacial score (nSPS) is 25.0. The molecule has 3 unspecified atom stereocenters. The Balaban J connectivity index is 1.45. The quantitative estimate of drug-likeness (QED) is 0.899. The highest BCUT2D eigenvalue weighted by molar-refractivity contribution is 6.05. The average Bonchev–Trinajstić information content (AvgIpc) is 3.06. The lowest BCUT2D eigenvalue weighted by atomic mass is 10.0. The van der Waals surface area contributed by atoms with Crippen LogP contribution in [0.1, 0.15) is 29.2 Å². The number of carbonyl (C=O) groups excluding carboxylic acids is 1. The predicted molar refractivity (Wildman–Crippen MR) is 94.3 cm³/mol. The van der Waals surface area contributed by atoms with Gasteiger partial charge in [-0.1, -0.05) is 12.1 Å². The molecule has 0 aliphatic carbocycles. The maximum atomic E-state index is 14.9. The van der Waals surface area contributed by atoms with Gasteiger partial charge in [-0.25, -0.2) is 13.6 Å². The van der Waals surface area contributed by atoms with Crippen LogP contribution in [0.3, 0.4) is 0 Å². The Morgan fingerprint density at radius 1 is 1.26 bits per heavy atom. The maximum Gasteiger partial charge on any atom is 0.412 e. The Labute approximate surface area is 154 Å². The van der Waals surface area contributed by atoms with E-state index < -0.39 is 24.5 Å². The topological polar surface area (TPSA) is 66.8 Å². The summed E-state index contributed by atoms with van der Waals surface area (Å²) in [5, 5.41) is 4.04. The predicted octanol–water partition coefficient (Wildman–Crippen LogP) is 3.08. The monoisotopic (exact) mass is 372 g/mol. The van der Waals surface area contributed by atoms with Gasteiger partial charge in [-0.15, -0.1) is 0 Å². The van der Waals surface area contributed by atoms with E-state index in [1.54, 1.807) is 43.6 Å². The average molecular weight is 372 g/mol. The van der Waals surface area contributed by atoms with Crippen molar-refractivity contribution in [3.05, 3.63) is 65.2 Å². The summed E-state index contributed by atoms with van der Waals surface area (Å²) in [5.74, 6) is -0.345. The van der Waals surface area contributed by atoms with Gasteiger partial charge in [-0.2, -0.15) is 5.10 Å². The number of nitrogens with zero attached hydrogens (tertiary/aromatic N) is 3. The third-order valence-electron chi connectivity index (χ3n) is 4.85. The molecule has 0 saturated carbocycles. The molecule has 1 fully saturated rings. The highest BCUT2D eigenvalue weighted by Crippen LogP contribution is 2.30. The molecular weight excluding hydrogens is 354 g/mol. The molecule has 1 N–H and O–H groups in total. The molecule has 1 aromatic carbocycles. The highest BCUT2D eigenvalue weighted by Gasteiger charge is 2.42. The second kappa shape index (κ2) is 6.94. The smallest absolute Gasteiger partial charge is 0.412 e. The van der Waals surface area contributed by atoms with E-state index in [0.717, 1.165) is 0 Å². The fourth-order valence-electron chi connectivity index (χ4n) is 3.28. The molecule has 140 valence electrons. The number of hydrazone groups is 1. The Morgan fingerprint density at radius 2 is 2.04 bits per heavy atom. The van der Waals surface area contributed by atoms with Crippen LogP contribution < -0.4 is 5.43 Å². The summed E-state index contributed by atoms with van der Waals surface area (Å²) in [4.78, 5) is 17.6. The SMILES string of the molecule is Cc1ccc(C2CCN(C3NN=C(c4ccncc4)C3F)C(=O)O2)cc1F. The second-order valence-electron chi connectivity index (χ2n) is 6.57. The number of rotatable bonds is 3. The summed E-state index contributed by atoms with van der Waals surface area (Å²) in [6.07, 6.45) is -0.0902. The van der Waals surface area contributed by atoms with Crippen LogP contribution in [0.5, 0.6) is 0 Å². The lowest BCUT2D eigenvalue weighted by molar-refractivity contribution is -0.00120. The minimum absolute atomic E-state index is 0.220. The van der Waals surface area contributed by atoms with E-state index >= 15 is 0 Å². The van der Waals surface area contributed by atoms with Gasteiger partial charge in [0.05, 0.1) is 0 Å². The Bertz CT molecular complexity index is 891. The van der Waals surface area contributed by atoms with Crippen LogP contribution in [-0.2, 0) is 4.74 Å². The summed E-state index contributed by atoms with van der Waals surface area (Å²) in [6.45, 7) is 1.94. The van der Waals surface area contributed by atoms with Crippen molar-refractivity contribution in [2.45, 2.75) is 31.8 Å². The molecule has 2 aliphatic heterocycles. The minimum Gasteiger partial charge on any atom is -0.441 e. The van der Waals surface area contributed by atoms with Crippen LogP contribution in [0, 0.1) is 12.7 Å². The van der Waals surface area contributed by atoms with Gasteiger partial charge in [0.2, 0.25) is 0 Å². The molecule has 3 atom stereocenters. The van der Waals surface area contributed by atoms with Crippen molar-refractivity contribution >= 4 is 11.8 Å². The van der Waals surface area contributed by atoms with Crippen LogP contribution in [0.2, 0.25) is 0 Å². The Hall–Kier alpha value is -3.03. The fraction of sp³-hybridized carbons (Fsp3) is 0.316. The van der Waals surface area contributed by atoms with Crippen molar-refractivity contribution < 1.29 is 18.3 Å². The maximum absolute atomic E-state index is 14.9. The number of hydrogen-bond acceptors (Lipinski definition) is 5. The zero-order valence-electron chi connectivity index (χ0n) is 14.6. The van der Waals surface area contributed by atoms with E-state index in [9.17, 15) is 13.6 Å². The minimum atomic E-state index is -1.49. The molecule has 0 radical (unpaired) electrons. The first kappa shape index (κ1) is 17.4. The Kier molecular flexibility index (Phi) is 4.47. The van der Waals surface area contributed by atoms with Gasteiger partial charge in [-0.05, 0) is 36.2 Å². The van der Waals surface area contributed by atoms with E-state index in [4.69, 9.17) is 4.74 Å². The molecule has 27 heavy (non-hydrogen) atoms. The van der Waals surface area contributed by atoms with E-state index in [1.165, 1.54) is 11.0 Å². The molecule has 2 aliphatic rings. The molecule has 1 aromatic heterocycles. The van der Waals surface area contributed by atoms with Crippen molar-refractivity contribution in [1.82, 2.24) is 15.3 Å². The third-order valence-corrected chi connectivity index (χ3v) is 4.85. The van der Waals surface area contributed by atoms with Crippen LogP contribution in [-0.4, -0.2) is 40.6 Å². The molecule has 1 saturated heterocycles. The highest BCUT2D eigenvalue weighted by atomic mass is 19.1. The van der Waals surface area contributed by atoms with E-state index in [0.29, 0.717) is 23.1 Å². The van der Waals surface area contributed by atoms with Crippen molar-refractivity contribution in [3.63, 3.8) is 0 Å². The molecule has 6 nitrogen and oxygen atoms in total. The van der Waals surface area contributed by atoms with Gasteiger partial charge < -0.3 is 4.74 Å². The lowest BCUT2D eigenvalue weighted by Crippen LogP contribution is -2.53. The lowest BCUT2D eigenvalue weighted by Gasteiger charge is -2.36. The van der Waals surface area contributed by atoms with E-state index in [1.807, 2.05) is 0 Å². The Morgan fingerprint density at radius 3 is 2.74 bits per heavy atom. The van der Waals surface area contributed by atoms with Crippen LogP contribution in [0.15, 0.2) is 47.8 Å². The number of cyclic esters (lactones) is 1. The summed E-state index contributed by atoms with van der Waals surface area (Å²) < 4.78 is 34.1. The third kappa shape index (κ3) is 3.22. The zero-order valence-corrected chi connectivity index (χ0v) is 14.6. The van der Waals surface area contributed by atoms with E-state index in [2.05, 4.69) is 15.5 Å². The summed E-state index contributed by atoms with van der Waals surface area (Å²) in [6, 6.07) is 8.08. The van der Waals surface area contributed by atoms with E-state index in [-0.39, 0.29) is 18.1 Å². The molecule has 0 bridgehead atoms. The first-order valence-electron chi connectivity index (χ1n) is 8.65. The molecule has 2 aromatic rings. The summed E-state index contributed by atoms with van der Waals surface area (Å²) >= 11 is 0. The molecule has 0 spiro atoms. The van der Waals surface area contributed by atoms with Gasteiger partial charge in [0.15, 0.2) is 12.3 Å². The largest absolute Gasteiger partial charge is 0.441 e. The molecule has 8 heteroatoms. The number of ether oxygens (including phenoxy) is 1. The number of amides is 1. The molecular formula is C19H18F2N4O2. The number of pyridine rings is 1. The number of halogens is 2. The van der Waals surface area contributed by atoms with Crippen molar-refractivity contribution in [2.75, 3.05) is 6.54 Å². The number of aromatic nitrogens is 1. The van der Waals surface area contributed by atoms with Gasteiger partial charge in [0, 0.05) is 30.9 Å². The summed E-state index contributed by atoms with van der Waals surface area (Å²) in [5.41, 5.74) is 4.63. The molecule has 1 amide bonds. The van der Waals surface area contributed by atoms with Crippen LogP contribution >= 0.6 is 0 Å². The first-order valence-corrected chi connectivity index (χ1v) is 8.65. The van der Waals surface area contributed by atoms with Crippen LogP contribution in [0.25, 0.3) is 0 Å². The number of carbonyl (C=O) groups is 1. The molecule has 4 rings (SSSR count). The number of benzene rings is 1. The number of aryl methyl sites for hydroxylation is 1. The van der Waals surface area contributed by atoms with Crippen LogP contribution in [0.4, 0.5) is 13.6 Å².